The minimum absolute atomic E-state index is 0.178. The Hall–Kier alpha value is -2.80. The molecule has 1 heterocycles. The van der Waals surface area contributed by atoms with Crippen LogP contribution in [0.5, 0.6) is 11.5 Å². The van der Waals surface area contributed by atoms with Crippen LogP contribution in [0.3, 0.4) is 0 Å². The van der Waals surface area contributed by atoms with Crippen molar-refractivity contribution < 1.29 is 22.1 Å². The fourth-order valence-electron chi connectivity index (χ4n) is 3.73. The van der Waals surface area contributed by atoms with E-state index in [9.17, 15) is 13.2 Å². The number of hydrogen-bond acceptors (Lipinski definition) is 5. The molecule has 0 fully saturated rings. The van der Waals surface area contributed by atoms with Crippen LogP contribution >= 0.6 is 0 Å². The van der Waals surface area contributed by atoms with Crippen LogP contribution in [0.4, 0.5) is 0 Å². The van der Waals surface area contributed by atoms with Gasteiger partial charge in [-0.05, 0) is 60.7 Å². The highest BCUT2D eigenvalue weighted by Gasteiger charge is 2.16. The highest BCUT2D eigenvalue weighted by atomic mass is 32.2. The lowest BCUT2D eigenvalue weighted by molar-refractivity contribution is -0.134. The van der Waals surface area contributed by atoms with Gasteiger partial charge in [-0.15, -0.1) is 0 Å². The van der Waals surface area contributed by atoms with Gasteiger partial charge in [0.15, 0.2) is 0 Å². The van der Waals surface area contributed by atoms with E-state index in [1.165, 1.54) is 0 Å². The Morgan fingerprint density at radius 1 is 1.16 bits per heavy atom. The molecule has 0 spiro atoms. The molecule has 0 saturated heterocycles. The van der Waals surface area contributed by atoms with Crippen LogP contribution in [0.25, 0.3) is 10.9 Å². The van der Waals surface area contributed by atoms with Gasteiger partial charge in [0.2, 0.25) is 0 Å². The number of nitrogens with zero attached hydrogens (tertiary/aromatic N) is 1. The van der Waals surface area contributed by atoms with E-state index >= 15 is 0 Å². The van der Waals surface area contributed by atoms with Crippen LogP contribution in [0, 0.1) is 6.92 Å². The molecule has 7 heteroatoms. The summed E-state index contributed by atoms with van der Waals surface area (Å²) < 4.78 is 35.4. The summed E-state index contributed by atoms with van der Waals surface area (Å²) in [4.78, 5) is 12.0. The first-order valence-corrected chi connectivity index (χ1v) is 12.3. The van der Waals surface area contributed by atoms with Crippen molar-refractivity contribution >= 4 is 27.0 Å². The normalized spacial score (nSPS) is 12.6. The monoisotopic (exact) mass is 443 g/mol. The van der Waals surface area contributed by atoms with Crippen molar-refractivity contribution in [3.8, 4) is 11.5 Å². The third-order valence-corrected chi connectivity index (χ3v) is 5.77. The predicted octanol–water partition coefficient (Wildman–Crippen LogP) is 5.19. The third kappa shape index (κ3) is 5.88. The second-order valence-electron chi connectivity index (χ2n) is 7.93. The van der Waals surface area contributed by atoms with Crippen molar-refractivity contribution in [3.63, 3.8) is 0 Å². The van der Waals surface area contributed by atoms with Crippen molar-refractivity contribution in [1.29, 1.82) is 0 Å². The van der Waals surface area contributed by atoms with Gasteiger partial charge in [-0.2, -0.15) is 8.42 Å². The molecule has 0 aliphatic rings. The Balaban J connectivity index is 1.78. The van der Waals surface area contributed by atoms with Gasteiger partial charge >= 0.3 is 16.1 Å². The van der Waals surface area contributed by atoms with E-state index in [0.717, 1.165) is 47.7 Å². The Bertz CT molecular complexity index is 1180. The number of carbonyl (C=O) groups is 1. The van der Waals surface area contributed by atoms with Crippen molar-refractivity contribution in [2.45, 2.75) is 52.5 Å². The summed E-state index contributed by atoms with van der Waals surface area (Å²) >= 11 is 0. The topological polar surface area (TPSA) is 74.6 Å². The van der Waals surface area contributed by atoms with Crippen molar-refractivity contribution in [3.05, 3.63) is 59.8 Å². The van der Waals surface area contributed by atoms with Gasteiger partial charge in [0.1, 0.15) is 11.5 Å². The van der Waals surface area contributed by atoms with E-state index in [1.54, 1.807) is 12.1 Å². The van der Waals surface area contributed by atoms with Crippen LogP contribution in [0.2, 0.25) is 0 Å². The molecular formula is C24H29NO5S. The molecule has 6 nitrogen and oxygen atoms in total. The van der Waals surface area contributed by atoms with Crippen LogP contribution in [0.15, 0.2) is 48.7 Å². The van der Waals surface area contributed by atoms with Crippen LogP contribution < -0.4 is 8.92 Å². The molecule has 0 amide bonds. The van der Waals surface area contributed by atoms with Crippen molar-refractivity contribution in [2.24, 2.45) is 0 Å². The molecule has 0 radical (unpaired) electrons. The molecular weight excluding hydrogens is 414 g/mol. The maximum absolute atomic E-state index is 12.0. The molecule has 2 aromatic carbocycles. The number of esters is 1. The van der Waals surface area contributed by atoms with Crippen molar-refractivity contribution in [2.75, 3.05) is 6.26 Å². The molecule has 0 N–H and O–H groups in total. The number of hydrogen-bond donors (Lipinski definition) is 0. The molecule has 0 saturated carbocycles. The summed E-state index contributed by atoms with van der Waals surface area (Å²) in [5.41, 5.74) is 3.09. The van der Waals surface area contributed by atoms with Crippen LogP contribution in [-0.2, 0) is 21.5 Å². The lowest BCUT2D eigenvalue weighted by Gasteiger charge is -2.18. The number of fused-ring (bicyclic) bond motifs is 1. The largest absolute Gasteiger partial charge is 0.426 e. The second-order valence-corrected chi connectivity index (χ2v) is 9.50. The standard InChI is InChI=1S/C24H29NO5S/c1-5-6-10-24(26)29-23-9-7-8-21(18(23)3)17(2)16-25-14-13-19-15-20(11-12-22(19)25)30-31(4,27)28/h7-9,11-15,17H,5-6,10,16H2,1-4H3. The van der Waals surface area contributed by atoms with E-state index in [2.05, 4.69) is 17.6 Å². The Morgan fingerprint density at radius 2 is 1.94 bits per heavy atom. The molecule has 1 atom stereocenters. The van der Waals surface area contributed by atoms with Gasteiger partial charge < -0.3 is 13.5 Å². The first kappa shape index (κ1) is 22.9. The molecule has 0 aliphatic heterocycles. The highest BCUT2D eigenvalue weighted by molar-refractivity contribution is 7.86. The maximum Gasteiger partial charge on any atom is 0.311 e. The minimum atomic E-state index is -3.56. The van der Waals surface area contributed by atoms with Gasteiger partial charge in [-0.3, -0.25) is 4.79 Å². The molecule has 3 rings (SSSR count). The maximum atomic E-state index is 12.0. The average Bonchev–Trinajstić information content (AvgIpc) is 3.08. The summed E-state index contributed by atoms with van der Waals surface area (Å²) in [5, 5.41) is 0.906. The summed E-state index contributed by atoms with van der Waals surface area (Å²) in [7, 11) is -3.56. The van der Waals surface area contributed by atoms with Gasteiger partial charge in [-0.25, -0.2) is 0 Å². The van der Waals surface area contributed by atoms with Crippen LogP contribution in [-0.4, -0.2) is 25.2 Å². The zero-order valence-corrected chi connectivity index (χ0v) is 19.2. The fourth-order valence-corrected chi connectivity index (χ4v) is 4.18. The number of rotatable bonds is 9. The molecule has 1 aromatic heterocycles. The lowest BCUT2D eigenvalue weighted by Crippen LogP contribution is -2.11. The van der Waals surface area contributed by atoms with Gasteiger partial charge in [-0.1, -0.05) is 32.4 Å². The first-order chi connectivity index (χ1) is 14.7. The molecule has 166 valence electrons. The molecule has 1 unspecified atom stereocenters. The van der Waals surface area contributed by atoms with Crippen molar-refractivity contribution in [1.82, 2.24) is 4.57 Å². The Labute approximate surface area is 183 Å². The molecule has 31 heavy (non-hydrogen) atoms. The summed E-state index contributed by atoms with van der Waals surface area (Å²) in [6, 6.07) is 13.0. The lowest BCUT2D eigenvalue weighted by atomic mass is 9.95. The number of unbranched alkanes of at least 4 members (excludes halogenated alkanes) is 1. The minimum Gasteiger partial charge on any atom is -0.426 e. The molecule has 0 aliphatic carbocycles. The third-order valence-electron chi connectivity index (χ3n) is 5.28. The highest BCUT2D eigenvalue weighted by Crippen LogP contribution is 2.30. The zero-order chi connectivity index (χ0) is 22.6. The van der Waals surface area contributed by atoms with E-state index in [1.807, 2.05) is 44.3 Å². The average molecular weight is 444 g/mol. The Morgan fingerprint density at radius 3 is 2.65 bits per heavy atom. The van der Waals surface area contributed by atoms with Gasteiger partial charge in [0, 0.05) is 30.1 Å². The smallest absolute Gasteiger partial charge is 0.311 e. The van der Waals surface area contributed by atoms with E-state index < -0.39 is 10.1 Å². The predicted molar refractivity (Wildman–Crippen MR) is 122 cm³/mol. The van der Waals surface area contributed by atoms with Gasteiger partial charge in [0.05, 0.1) is 6.26 Å². The molecule has 0 bridgehead atoms. The summed E-state index contributed by atoms with van der Waals surface area (Å²) in [6.45, 7) is 6.89. The first-order valence-electron chi connectivity index (χ1n) is 10.5. The zero-order valence-electron chi connectivity index (χ0n) is 18.4. The fraction of sp³-hybridized carbons (Fsp3) is 0.375. The SMILES string of the molecule is CCCCC(=O)Oc1cccc(C(C)Cn2ccc3cc(OS(C)(=O)=O)ccc32)c1C. The quantitative estimate of drug-likeness (QED) is 0.259. The van der Waals surface area contributed by atoms with Gasteiger partial charge in [0.25, 0.3) is 0 Å². The summed E-state index contributed by atoms with van der Waals surface area (Å²) in [6.07, 6.45) is 5.22. The van der Waals surface area contributed by atoms with E-state index in [-0.39, 0.29) is 11.9 Å². The Kier molecular flexibility index (Phi) is 7.05. The second kappa shape index (κ2) is 9.56. The van der Waals surface area contributed by atoms with E-state index in [0.29, 0.717) is 17.9 Å². The van der Waals surface area contributed by atoms with Crippen LogP contribution in [0.1, 0.15) is 50.2 Å². The summed E-state index contributed by atoms with van der Waals surface area (Å²) in [5.74, 6) is 0.898. The number of carbonyl (C=O) groups excluding carboxylic acids is 1. The molecule has 3 aromatic rings. The number of benzene rings is 2. The number of aromatic nitrogens is 1. The number of ether oxygens (including phenoxy) is 1. The van der Waals surface area contributed by atoms with E-state index in [4.69, 9.17) is 8.92 Å².